The number of aromatic nitrogens is 1. The van der Waals surface area contributed by atoms with Gasteiger partial charge in [-0.25, -0.2) is 4.98 Å². The van der Waals surface area contributed by atoms with Crippen LogP contribution in [-0.2, 0) is 19.4 Å². The van der Waals surface area contributed by atoms with Crippen molar-refractivity contribution in [2.24, 2.45) is 0 Å². The molecule has 1 aromatic heterocycles. The minimum absolute atomic E-state index is 0.0569. The minimum atomic E-state index is -0.0569. The zero-order chi connectivity index (χ0) is 16.9. The molecule has 5 heteroatoms. The molecule has 0 radical (unpaired) electrons. The first kappa shape index (κ1) is 17.1. The Morgan fingerprint density at radius 1 is 1.38 bits per heavy atom. The number of thiazole rings is 1. The van der Waals surface area contributed by atoms with Gasteiger partial charge in [-0.15, -0.1) is 11.3 Å². The van der Waals surface area contributed by atoms with Crippen LogP contribution in [-0.4, -0.2) is 34.9 Å². The Bertz CT molecular complexity index is 697. The van der Waals surface area contributed by atoms with Crippen LogP contribution >= 0.6 is 11.3 Å². The average Bonchev–Trinajstić information content (AvgIpc) is 3.04. The van der Waals surface area contributed by atoms with Crippen molar-refractivity contribution in [1.82, 2.24) is 15.2 Å². The van der Waals surface area contributed by atoms with Crippen molar-refractivity contribution in [1.29, 1.82) is 0 Å². The highest BCUT2D eigenvalue weighted by Gasteiger charge is 2.19. The quantitative estimate of drug-likeness (QED) is 0.875. The van der Waals surface area contributed by atoms with Crippen LogP contribution in [0.3, 0.4) is 0 Å². The van der Waals surface area contributed by atoms with Crippen LogP contribution in [0.5, 0.6) is 0 Å². The number of fused-ring (bicyclic) bond motifs is 1. The van der Waals surface area contributed by atoms with Gasteiger partial charge in [0.25, 0.3) is 5.91 Å². The molecule has 0 aliphatic carbocycles. The van der Waals surface area contributed by atoms with E-state index in [2.05, 4.69) is 53.3 Å². The normalized spacial score (nSPS) is 15.8. The van der Waals surface area contributed by atoms with E-state index < -0.39 is 0 Å². The zero-order valence-electron chi connectivity index (χ0n) is 14.4. The Labute approximate surface area is 147 Å². The average molecular weight is 343 g/mol. The lowest BCUT2D eigenvalue weighted by molar-refractivity contribution is 0.0922. The summed E-state index contributed by atoms with van der Waals surface area (Å²) in [6.45, 7) is 7.08. The van der Waals surface area contributed by atoms with E-state index in [-0.39, 0.29) is 11.9 Å². The molecule has 2 heterocycles. The highest BCUT2D eigenvalue weighted by atomic mass is 32.1. The third-order valence-corrected chi connectivity index (χ3v) is 5.28. The summed E-state index contributed by atoms with van der Waals surface area (Å²) >= 11 is 1.58. The first-order chi connectivity index (χ1) is 11.7. The Balaban J connectivity index is 1.52. The maximum atomic E-state index is 12.3. The second-order valence-corrected chi connectivity index (χ2v) is 7.45. The van der Waals surface area contributed by atoms with Gasteiger partial charge in [0.2, 0.25) is 0 Å². The lowest BCUT2D eigenvalue weighted by Gasteiger charge is -2.31. The Morgan fingerprint density at radius 3 is 2.96 bits per heavy atom. The van der Waals surface area contributed by atoms with Gasteiger partial charge in [-0.05, 0) is 37.3 Å². The molecule has 1 N–H and O–H groups in total. The molecule has 128 valence electrons. The van der Waals surface area contributed by atoms with E-state index in [4.69, 9.17) is 0 Å². The van der Waals surface area contributed by atoms with Crippen LogP contribution in [0.25, 0.3) is 0 Å². The molecular weight excluding hydrogens is 318 g/mol. The summed E-state index contributed by atoms with van der Waals surface area (Å²) in [5, 5.41) is 6.00. The number of rotatable bonds is 6. The number of amides is 1. The summed E-state index contributed by atoms with van der Waals surface area (Å²) in [5.74, 6) is -0.0569. The highest BCUT2D eigenvalue weighted by Crippen LogP contribution is 2.18. The molecular formula is C19H25N3OS. The molecule has 1 aliphatic rings. The van der Waals surface area contributed by atoms with E-state index in [1.54, 1.807) is 11.3 Å². The summed E-state index contributed by atoms with van der Waals surface area (Å²) in [7, 11) is 0. The first-order valence-electron chi connectivity index (χ1n) is 8.70. The van der Waals surface area contributed by atoms with E-state index in [1.807, 2.05) is 5.38 Å². The molecule has 1 aliphatic heterocycles. The van der Waals surface area contributed by atoms with Crippen molar-refractivity contribution in [2.45, 2.75) is 45.7 Å². The number of benzene rings is 1. The minimum Gasteiger partial charge on any atom is -0.347 e. The third-order valence-electron chi connectivity index (χ3n) is 4.37. The van der Waals surface area contributed by atoms with E-state index in [0.29, 0.717) is 5.69 Å². The fourth-order valence-electron chi connectivity index (χ4n) is 3.18. The second-order valence-electron chi connectivity index (χ2n) is 6.50. The van der Waals surface area contributed by atoms with Crippen molar-refractivity contribution in [3.05, 3.63) is 51.5 Å². The Kier molecular flexibility index (Phi) is 5.63. The Morgan fingerprint density at radius 2 is 2.17 bits per heavy atom. The van der Waals surface area contributed by atoms with Crippen LogP contribution in [0.2, 0.25) is 0 Å². The fourth-order valence-corrected chi connectivity index (χ4v) is 4.06. The summed E-state index contributed by atoms with van der Waals surface area (Å²) in [4.78, 5) is 19.2. The second kappa shape index (κ2) is 7.90. The summed E-state index contributed by atoms with van der Waals surface area (Å²) in [6.07, 6.45) is 3.09. The zero-order valence-corrected chi connectivity index (χ0v) is 15.2. The molecule has 3 rings (SSSR count). The summed E-state index contributed by atoms with van der Waals surface area (Å²) in [6, 6.07) is 8.74. The number of nitrogens with zero attached hydrogens (tertiary/aromatic N) is 2. The molecule has 4 nitrogen and oxygen atoms in total. The van der Waals surface area contributed by atoms with Gasteiger partial charge in [-0.1, -0.05) is 31.2 Å². The number of hydrogen-bond acceptors (Lipinski definition) is 4. The van der Waals surface area contributed by atoms with Crippen molar-refractivity contribution in [2.75, 3.05) is 13.1 Å². The predicted octanol–water partition coefficient (Wildman–Crippen LogP) is 3.27. The lowest BCUT2D eigenvalue weighted by atomic mass is 10.00. The predicted molar refractivity (Wildman–Crippen MR) is 98.5 cm³/mol. The largest absolute Gasteiger partial charge is 0.347 e. The van der Waals surface area contributed by atoms with Crippen molar-refractivity contribution in [3.63, 3.8) is 0 Å². The van der Waals surface area contributed by atoms with E-state index in [0.717, 1.165) is 43.9 Å². The van der Waals surface area contributed by atoms with Crippen LogP contribution < -0.4 is 5.32 Å². The summed E-state index contributed by atoms with van der Waals surface area (Å²) < 4.78 is 0. The van der Waals surface area contributed by atoms with Gasteiger partial charge < -0.3 is 5.32 Å². The van der Waals surface area contributed by atoms with E-state index >= 15 is 0 Å². The number of hydrogen-bond donors (Lipinski definition) is 1. The fraction of sp³-hybridized carbons (Fsp3) is 0.474. The molecule has 0 spiro atoms. The molecule has 0 saturated carbocycles. The van der Waals surface area contributed by atoms with E-state index in [9.17, 15) is 4.79 Å². The van der Waals surface area contributed by atoms with Crippen LogP contribution in [0, 0.1) is 0 Å². The van der Waals surface area contributed by atoms with Crippen molar-refractivity contribution in [3.8, 4) is 0 Å². The SMILES string of the molecule is CCCc1nc(C(=O)N[C@H](C)CN2CCc3ccccc3C2)cs1. The van der Waals surface area contributed by atoms with Gasteiger partial charge >= 0.3 is 0 Å². The molecule has 0 saturated heterocycles. The van der Waals surface area contributed by atoms with Gasteiger partial charge in [0.05, 0.1) is 5.01 Å². The van der Waals surface area contributed by atoms with Crippen LogP contribution in [0.15, 0.2) is 29.6 Å². The van der Waals surface area contributed by atoms with Crippen LogP contribution in [0.4, 0.5) is 0 Å². The molecule has 1 amide bonds. The number of aryl methyl sites for hydroxylation is 1. The van der Waals surface area contributed by atoms with E-state index in [1.165, 1.54) is 11.1 Å². The molecule has 0 fully saturated rings. The molecule has 0 unspecified atom stereocenters. The van der Waals surface area contributed by atoms with Gasteiger partial charge in [-0.3, -0.25) is 9.69 Å². The standard InChI is InChI=1S/C19H25N3OS/c1-3-6-18-21-17(13-24-18)19(23)20-14(2)11-22-10-9-15-7-4-5-8-16(15)12-22/h4-5,7-8,13-14H,3,6,9-12H2,1-2H3,(H,20,23)/t14-/m1/s1. The Hall–Kier alpha value is -1.72. The summed E-state index contributed by atoms with van der Waals surface area (Å²) in [5.41, 5.74) is 3.42. The number of carbonyl (C=O) groups excluding carboxylic acids is 1. The van der Waals surface area contributed by atoms with Gasteiger partial charge in [0.1, 0.15) is 5.69 Å². The molecule has 24 heavy (non-hydrogen) atoms. The van der Waals surface area contributed by atoms with Crippen LogP contribution in [0.1, 0.15) is 46.9 Å². The first-order valence-corrected chi connectivity index (χ1v) is 9.58. The number of nitrogens with one attached hydrogen (secondary N) is 1. The highest BCUT2D eigenvalue weighted by molar-refractivity contribution is 7.09. The topological polar surface area (TPSA) is 45.2 Å². The third kappa shape index (κ3) is 4.22. The number of carbonyl (C=O) groups is 1. The molecule has 1 atom stereocenters. The van der Waals surface area contributed by atoms with Crippen molar-refractivity contribution < 1.29 is 4.79 Å². The molecule has 1 aromatic carbocycles. The smallest absolute Gasteiger partial charge is 0.271 e. The van der Waals surface area contributed by atoms with Crippen molar-refractivity contribution >= 4 is 17.2 Å². The maximum absolute atomic E-state index is 12.3. The van der Waals surface area contributed by atoms with Gasteiger partial charge in [-0.2, -0.15) is 0 Å². The van der Waals surface area contributed by atoms with Gasteiger partial charge in [0, 0.05) is 31.1 Å². The molecule has 2 aromatic rings. The monoisotopic (exact) mass is 343 g/mol. The van der Waals surface area contributed by atoms with Gasteiger partial charge in [0.15, 0.2) is 0 Å². The molecule has 0 bridgehead atoms. The lowest BCUT2D eigenvalue weighted by Crippen LogP contribution is -2.43. The maximum Gasteiger partial charge on any atom is 0.271 e.